The first-order chi connectivity index (χ1) is 7.52. The predicted octanol–water partition coefficient (Wildman–Crippen LogP) is -2.02. The molecule has 0 amide bonds. The normalized spacial score (nSPS) is 19.1. The fraction of sp³-hybridized carbons (Fsp3) is 1.00. The largest absolute Gasteiger partial charge is 0.396 e. The molecule has 0 fully saturated rings. The summed E-state index contributed by atoms with van der Waals surface area (Å²) in [5.74, 6) is 0. The SMILES string of the molecule is OCCCCC(O)C(O)C(O)CC(O)CO. The molecule has 6 heteroatoms. The van der Waals surface area contributed by atoms with Crippen molar-refractivity contribution in [2.45, 2.75) is 50.1 Å². The molecule has 16 heavy (non-hydrogen) atoms. The Hall–Kier alpha value is -0.240. The van der Waals surface area contributed by atoms with Crippen LogP contribution >= 0.6 is 0 Å². The Morgan fingerprint density at radius 3 is 1.94 bits per heavy atom. The Labute approximate surface area is 94.8 Å². The van der Waals surface area contributed by atoms with Gasteiger partial charge in [0, 0.05) is 13.0 Å². The second-order valence-electron chi connectivity index (χ2n) is 3.92. The monoisotopic (exact) mass is 238 g/mol. The highest BCUT2D eigenvalue weighted by atomic mass is 16.4. The van der Waals surface area contributed by atoms with Crippen LogP contribution in [0.1, 0.15) is 25.7 Å². The van der Waals surface area contributed by atoms with Crippen molar-refractivity contribution in [1.29, 1.82) is 0 Å². The molecule has 6 N–H and O–H groups in total. The van der Waals surface area contributed by atoms with Gasteiger partial charge in [-0.05, 0) is 19.3 Å². The maximum atomic E-state index is 9.47. The summed E-state index contributed by atoms with van der Waals surface area (Å²) in [5.41, 5.74) is 0. The van der Waals surface area contributed by atoms with Gasteiger partial charge in [-0.2, -0.15) is 0 Å². The predicted molar refractivity (Wildman–Crippen MR) is 56.7 cm³/mol. The molecule has 0 spiro atoms. The van der Waals surface area contributed by atoms with E-state index >= 15 is 0 Å². The molecule has 6 nitrogen and oxygen atoms in total. The molecule has 4 unspecified atom stereocenters. The van der Waals surface area contributed by atoms with E-state index in [1.165, 1.54) is 0 Å². The van der Waals surface area contributed by atoms with Crippen molar-refractivity contribution in [2.75, 3.05) is 13.2 Å². The molecule has 0 aromatic rings. The van der Waals surface area contributed by atoms with Crippen LogP contribution in [0.4, 0.5) is 0 Å². The van der Waals surface area contributed by atoms with Gasteiger partial charge in [-0.15, -0.1) is 0 Å². The van der Waals surface area contributed by atoms with Crippen molar-refractivity contribution in [3.05, 3.63) is 0 Å². The standard InChI is InChI=1S/C10H22O6/c11-4-2-1-3-8(14)10(16)9(15)5-7(13)6-12/h7-16H,1-6H2. The minimum atomic E-state index is -1.35. The fourth-order valence-corrected chi connectivity index (χ4v) is 1.39. The molecule has 98 valence electrons. The fourth-order valence-electron chi connectivity index (χ4n) is 1.39. The van der Waals surface area contributed by atoms with Gasteiger partial charge in [-0.25, -0.2) is 0 Å². The first kappa shape index (κ1) is 15.8. The highest BCUT2D eigenvalue weighted by Crippen LogP contribution is 2.11. The zero-order valence-corrected chi connectivity index (χ0v) is 9.24. The Kier molecular flexibility index (Phi) is 8.73. The van der Waals surface area contributed by atoms with Crippen molar-refractivity contribution in [3.8, 4) is 0 Å². The molecule has 0 aromatic carbocycles. The van der Waals surface area contributed by atoms with E-state index in [0.717, 1.165) is 0 Å². The van der Waals surface area contributed by atoms with E-state index in [1.807, 2.05) is 0 Å². The molecule has 0 heterocycles. The quantitative estimate of drug-likeness (QED) is 0.258. The van der Waals surface area contributed by atoms with Crippen LogP contribution in [0.5, 0.6) is 0 Å². The van der Waals surface area contributed by atoms with E-state index in [1.54, 1.807) is 0 Å². The second-order valence-corrected chi connectivity index (χ2v) is 3.92. The lowest BCUT2D eigenvalue weighted by Gasteiger charge is -2.24. The van der Waals surface area contributed by atoms with Crippen molar-refractivity contribution in [3.63, 3.8) is 0 Å². The topological polar surface area (TPSA) is 121 Å². The second kappa shape index (κ2) is 8.86. The molecule has 0 aliphatic rings. The molecule has 0 aliphatic heterocycles. The third-order valence-electron chi connectivity index (χ3n) is 2.42. The van der Waals surface area contributed by atoms with E-state index in [9.17, 15) is 15.3 Å². The van der Waals surface area contributed by atoms with Gasteiger partial charge < -0.3 is 30.6 Å². The van der Waals surface area contributed by atoms with Gasteiger partial charge in [-0.3, -0.25) is 0 Å². The minimum absolute atomic E-state index is 0.0224. The van der Waals surface area contributed by atoms with E-state index in [-0.39, 0.29) is 19.4 Å². The Balaban J connectivity index is 3.86. The van der Waals surface area contributed by atoms with Gasteiger partial charge in [0.2, 0.25) is 0 Å². The molecule has 4 atom stereocenters. The van der Waals surface area contributed by atoms with Gasteiger partial charge >= 0.3 is 0 Å². The summed E-state index contributed by atoms with van der Waals surface area (Å²) < 4.78 is 0. The van der Waals surface area contributed by atoms with Gasteiger partial charge in [-0.1, -0.05) is 0 Å². The van der Waals surface area contributed by atoms with Crippen LogP contribution < -0.4 is 0 Å². The lowest BCUT2D eigenvalue weighted by atomic mass is 9.99. The van der Waals surface area contributed by atoms with Crippen LogP contribution in [-0.4, -0.2) is 68.3 Å². The lowest BCUT2D eigenvalue weighted by Crippen LogP contribution is -2.39. The molecule has 0 bridgehead atoms. The number of unbranched alkanes of at least 4 members (excludes halogenated alkanes) is 1. The Bertz CT molecular complexity index is 165. The van der Waals surface area contributed by atoms with E-state index in [0.29, 0.717) is 12.8 Å². The third kappa shape index (κ3) is 6.37. The van der Waals surface area contributed by atoms with Crippen LogP contribution in [0.25, 0.3) is 0 Å². The number of hydrogen-bond donors (Lipinski definition) is 6. The van der Waals surface area contributed by atoms with Crippen LogP contribution in [-0.2, 0) is 0 Å². The zero-order chi connectivity index (χ0) is 12.6. The smallest absolute Gasteiger partial charge is 0.106 e. The maximum absolute atomic E-state index is 9.47. The van der Waals surface area contributed by atoms with E-state index < -0.39 is 31.0 Å². The Morgan fingerprint density at radius 1 is 0.812 bits per heavy atom. The molecule has 0 aromatic heterocycles. The molecule has 0 radical (unpaired) electrons. The molecule has 0 saturated carbocycles. The van der Waals surface area contributed by atoms with Crippen molar-refractivity contribution in [2.24, 2.45) is 0 Å². The first-order valence-electron chi connectivity index (χ1n) is 5.46. The summed E-state index contributed by atoms with van der Waals surface area (Å²) in [7, 11) is 0. The lowest BCUT2D eigenvalue weighted by molar-refractivity contribution is -0.0800. The summed E-state index contributed by atoms with van der Waals surface area (Å²) >= 11 is 0. The number of aliphatic hydroxyl groups is 6. The summed E-state index contributed by atoms with van der Waals surface area (Å²) in [6, 6.07) is 0. The van der Waals surface area contributed by atoms with Crippen molar-refractivity contribution in [1.82, 2.24) is 0 Å². The van der Waals surface area contributed by atoms with Crippen LogP contribution in [0.3, 0.4) is 0 Å². The van der Waals surface area contributed by atoms with Gasteiger partial charge in [0.25, 0.3) is 0 Å². The third-order valence-corrected chi connectivity index (χ3v) is 2.42. The van der Waals surface area contributed by atoms with E-state index in [4.69, 9.17) is 15.3 Å². The van der Waals surface area contributed by atoms with Crippen molar-refractivity contribution >= 4 is 0 Å². The molecule has 0 aliphatic carbocycles. The number of rotatable bonds is 9. The number of hydrogen-bond acceptors (Lipinski definition) is 6. The van der Waals surface area contributed by atoms with Gasteiger partial charge in [0.15, 0.2) is 0 Å². The minimum Gasteiger partial charge on any atom is -0.396 e. The zero-order valence-electron chi connectivity index (χ0n) is 9.24. The first-order valence-corrected chi connectivity index (χ1v) is 5.46. The highest BCUT2D eigenvalue weighted by Gasteiger charge is 2.25. The maximum Gasteiger partial charge on any atom is 0.106 e. The van der Waals surface area contributed by atoms with Crippen LogP contribution in [0.2, 0.25) is 0 Å². The average Bonchev–Trinajstić information content (AvgIpc) is 2.27. The summed E-state index contributed by atoms with van der Waals surface area (Å²) in [6.07, 6.45) is -3.65. The Morgan fingerprint density at radius 2 is 1.44 bits per heavy atom. The van der Waals surface area contributed by atoms with Gasteiger partial charge in [0.05, 0.1) is 24.9 Å². The molecular weight excluding hydrogens is 216 g/mol. The van der Waals surface area contributed by atoms with Gasteiger partial charge in [0.1, 0.15) is 6.10 Å². The average molecular weight is 238 g/mol. The van der Waals surface area contributed by atoms with Crippen molar-refractivity contribution < 1.29 is 30.6 Å². The number of aliphatic hydroxyl groups excluding tert-OH is 6. The summed E-state index contributed by atoms with van der Waals surface area (Å²) in [6.45, 7) is -0.473. The summed E-state index contributed by atoms with van der Waals surface area (Å²) in [4.78, 5) is 0. The summed E-state index contributed by atoms with van der Waals surface area (Å²) in [5, 5.41) is 54.5. The van der Waals surface area contributed by atoms with Crippen LogP contribution in [0.15, 0.2) is 0 Å². The molecule has 0 rings (SSSR count). The van der Waals surface area contributed by atoms with E-state index in [2.05, 4.69) is 0 Å². The highest BCUT2D eigenvalue weighted by molar-refractivity contribution is 4.77. The van der Waals surface area contributed by atoms with Crippen LogP contribution in [0, 0.1) is 0 Å². The molecule has 0 saturated heterocycles. The molecular formula is C10H22O6.